The quantitative estimate of drug-likeness (QED) is 0.441. The highest BCUT2D eigenvalue weighted by Gasteiger charge is 2.42. The molecular formula is C19H15F3N2O2. The molecule has 1 heterocycles. The summed E-state index contributed by atoms with van der Waals surface area (Å²) in [6.45, 7) is 0. The molecule has 0 spiro atoms. The second-order valence-electron chi connectivity index (χ2n) is 6.59. The standard InChI is InChI=1S/C19H15F3N2O2/c20-19(21,22)16-6-2-5-15-13-3-1-4-14(13)17(23-18(15)16)11-7-9-12(10-8-11)24(25)26/h1-3,5-10,13-14,17,23H,4H2/t13-,14+,17-/m1/s1. The summed E-state index contributed by atoms with van der Waals surface area (Å²) in [5, 5.41) is 13.9. The van der Waals surface area contributed by atoms with Gasteiger partial charge in [0.2, 0.25) is 0 Å². The number of benzene rings is 2. The van der Waals surface area contributed by atoms with Crippen molar-refractivity contribution in [1.82, 2.24) is 0 Å². The van der Waals surface area contributed by atoms with Gasteiger partial charge in [0.25, 0.3) is 5.69 Å². The van der Waals surface area contributed by atoms with E-state index in [2.05, 4.69) is 5.32 Å². The van der Waals surface area contributed by atoms with E-state index in [1.807, 2.05) is 12.2 Å². The van der Waals surface area contributed by atoms with Gasteiger partial charge < -0.3 is 5.32 Å². The molecule has 4 rings (SSSR count). The molecule has 26 heavy (non-hydrogen) atoms. The van der Waals surface area contributed by atoms with Crippen LogP contribution >= 0.6 is 0 Å². The first kappa shape index (κ1) is 16.6. The average Bonchev–Trinajstić information content (AvgIpc) is 3.09. The zero-order valence-corrected chi connectivity index (χ0v) is 13.5. The lowest BCUT2D eigenvalue weighted by atomic mass is 9.76. The van der Waals surface area contributed by atoms with E-state index in [-0.39, 0.29) is 29.3 Å². The van der Waals surface area contributed by atoms with E-state index in [0.29, 0.717) is 5.56 Å². The van der Waals surface area contributed by atoms with Gasteiger partial charge in [-0.2, -0.15) is 13.2 Å². The number of allylic oxidation sites excluding steroid dienone is 2. The summed E-state index contributed by atoms with van der Waals surface area (Å²) in [6, 6.07) is 9.93. The number of halogens is 3. The number of hydrogen-bond acceptors (Lipinski definition) is 3. The number of nitro groups is 1. The molecule has 0 fully saturated rings. The van der Waals surface area contributed by atoms with Crippen LogP contribution in [0.5, 0.6) is 0 Å². The van der Waals surface area contributed by atoms with Crippen LogP contribution in [0.15, 0.2) is 54.6 Å². The third kappa shape index (κ3) is 2.64. The molecule has 3 atom stereocenters. The molecular weight excluding hydrogens is 345 g/mol. The highest BCUT2D eigenvalue weighted by Crippen LogP contribution is 2.52. The second kappa shape index (κ2) is 5.86. The number of non-ortho nitro benzene ring substituents is 1. The van der Waals surface area contributed by atoms with Gasteiger partial charge in [-0.1, -0.05) is 36.4 Å². The Morgan fingerprint density at radius 2 is 1.85 bits per heavy atom. The summed E-state index contributed by atoms with van der Waals surface area (Å²) in [5.74, 6) is -0.0267. The van der Waals surface area contributed by atoms with E-state index >= 15 is 0 Å². The lowest BCUT2D eigenvalue weighted by Crippen LogP contribution is -2.30. The van der Waals surface area contributed by atoms with E-state index in [1.54, 1.807) is 18.2 Å². The number of nitro benzene ring substituents is 1. The minimum absolute atomic E-state index is 0.0398. The Morgan fingerprint density at radius 1 is 1.12 bits per heavy atom. The van der Waals surface area contributed by atoms with Crippen molar-refractivity contribution in [3.8, 4) is 0 Å². The van der Waals surface area contributed by atoms with Crippen molar-refractivity contribution in [3.63, 3.8) is 0 Å². The van der Waals surface area contributed by atoms with Crippen molar-refractivity contribution in [2.45, 2.75) is 24.6 Å². The summed E-state index contributed by atoms with van der Waals surface area (Å²) in [7, 11) is 0. The number of rotatable bonds is 2. The van der Waals surface area contributed by atoms with E-state index in [0.717, 1.165) is 18.1 Å². The molecule has 0 unspecified atom stereocenters. The minimum atomic E-state index is -4.45. The largest absolute Gasteiger partial charge is 0.418 e. The number of anilines is 1. The van der Waals surface area contributed by atoms with Crippen LogP contribution in [0.3, 0.4) is 0 Å². The number of nitrogens with one attached hydrogen (secondary N) is 1. The molecule has 2 aromatic rings. The molecule has 4 nitrogen and oxygen atoms in total. The molecule has 2 aliphatic rings. The molecule has 0 bridgehead atoms. The molecule has 2 aromatic carbocycles. The maximum atomic E-state index is 13.5. The van der Waals surface area contributed by atoms with Crippen molar-refractivity contribution >= 4 is 11.4 Å². The molecule has 134 valence electrons. The topological polar surface area (TPSA) is 55.2 Å². The Labute approximate surface area is 147 Å². The van der Waals surface area contributed by atoms with Crippen molar-refractivity contribution < 1.29 is 18.1 Å². The van der Waals surface area contributed by atoms with Crippen molar-refractivity contribution in [1.29, 1.82) is 0 Å². The lowest BCUT2D eigenvalue weighted by molar-refractivity contribution is -0.384. The number of alkyl halides is 3. The van der Waals surface area contributed by atoms with Crippen LogP contribution < -0.4 is 5.32 Å². The van der Waals surface area contributed by atoms with E-state index in [1.165, 1.54) is 18.2 Å². The smallest absolute Gasteiger partial charge is 0.377 e. The molecule has 1 aliphatic carbocycles. The van der Waals surface area contributed by atoms with Crippen LogP contribution in [-0.4, -0.2) is 4.92 Å². The molecule has 0 aromatic heterocycles. The maximum Gasteiger partial charge on any atom is 0.418 e. The van der Waals surface area contributed by atoms with Crippen molar-refractivity contribution in [3.05, 3.63) is 81.4 Å². The van der Waals surface area contributed by atoms with Gasteiger partial charge in [-0.25, -0.2) is 0 Å². The van der Waals surface area contributed by atoms with Gasteiger partial charge >= 0.3 is 6.18 Å². The van der Waals surface area contributed by atoms with Crippen LogP contribution in [0.2, 0.25) is 0 Å². The fourth-order valence-electron chi connectivity index (χ4n) is 3.99. The highest BCUT2D eigenvalue weighted by molar-refractivity contribution is 5.65. The molecule has 0 saturated heterocycles. The minimum Gasteiger partial charge on any atom is -0.377 e. The van der Waals surface area contributed by atoms with Crippen LogP contribution in [0, 0.1) is 16.0 Å². The summed E-state index contributed by atoms with van der Waals surface area (Å²) >= 11 is 0. The van der Waals surface area contributed by atoms with Gasteiger partial charge in [-0.15, -0.1) is 0 Å². The van der Waals surface area contributed by atoms with Crippen LogP contribution in [-0.2, 0) is 6.18 Å². The third-order valence-electron chi connectivity index (χ3n) is 5.17. The van der Waals surface area contributed by atoms with Crippen molar-refractivity contribution in [2.75, 3.05) is 5.32 Å². The monoisotopic (exact) mass is 360 g/mol. The predicted molar refractivity (Wildman–Crippen MR) is 90.9 cm³/mol. The number of para-hydroxylation sites is 1. The Kier molecular flexibility index (Phi) is 3.75. The second-order valence-corrected chi connectivity index (χ2v) is 6.59. The Hall–Kier alpha value is -2.83. The molecule has 0 radical (unpaired) electrons. The molecule has 0 saturated carbocycles. The summed E-state index contributed by atoms with van der Waals surface area (Å²) < 4.78 is 40.4. The summed E-state index contributed by atoms with van der Waals surface area (Å²) in [4.78, 5) is 10.4. The van der Waals surface area contributed by atoms with E-state index in [4.69, 9.17) is 0 Å². The van der Waals surface area contributed by atoms with Gasteiger partial charge in [0, 0.05) is 18.1 Å². The predicted octanol–water partition coefficient (Wildman–Crippen LogP) is 5.44. The first-order valence-electron chi connectivity index (χ1n) is 8.24. The lowest BCUT2D eigenvalue weighted by Gasteiger charge is -2.38. The van der Waals surface area contributed by atoms with Gasteiger partial charge in [0.15, 0.2) is 0 Å². The summed E-state index contributed by atoms with van der Waals surface area (Å²) in [6.07, 6.45) is 0.246. The van der Waals surface area contributed by atoms with E-state index < -0.39 is 16.7 Å². The number of nitrogens with zero attached hydrogens (tertiary/aromatic N) is 1. The first-order chi connectivity index (χ1) is 12.4. The fraction of sp³-hybridized carbons (Fsp3) is 0.263. The number of fused-ring (bicyclic) bond motifs is 3. The van der Waals surface area contributed by atoms with Gasteiger partial charge in [-0.05, 0) is 29.5 Å². The average molecular weight is 360 g/mol. The molecule has 1 aliphatic heterocycles. The SMILES string of the molecule is O=[N+]([O-])c1ccc([C@H]2Nc3c(cccc3C(F)(F)F)[C@@H]3C=CC[C@H]23)cc1. The Morgan fingerprint density at radius 3 is 2.50 bits per heavy atom. The maximum absolute atomic E-state index is 13.5. The van der Waals surface area contributed by atoms with Gasteiger partial charge in [0.1, 0.15) is 0 Å². The fourth-order valence-corrected chi connectivity index (χ4v) is 3.99. The van der Waals surface area contributed by atoms with Crippen molar-refractivity contribution in [2.24, 2.45) is 5.92 Å². The third-order valence-corrected chi connectivity index (χ3v) is 5.17. The van der Waals surface area contributed by atoms with Crippen LogP contribution in [0.25, 0.3) is 0 Å². The summed E-state index contributed by atoms with van der Waals surface area (Å²) in [5.41, 5.74) is 0.785. The Bertz CT molecular complexity index is 891. The van der Waals surface area contributed by atoms with Crippen LogP contribution in [0.4, 0.5) is 24.5 Å². The Balaban J connectivity index is 1.79. The highest BCUT2D eigenvalue weighted by atomic mass is 19.4. The van der Waals surface area contributed by atoms with Crippen LogP contribution in [0.1, 0.15) is 35.1 Å². The first-order valence-corrected chi connectivity index (χ1v) is 8.24. The molecule has 0 amide bonds. The zero-order chi connectivity index (χ0) is 18.5. The van der Waals surface area contributed by atoms with E-state index in [9.17, 15) is 23.3 Å². The molecule has 1 N–H and O–H groups in total. The molecule has 7 heteroatoms. The zero-order valence-electron chi connectivity index (χ0n) is 13.5. The van der Waals surface area contributed by atoms with Gasteiger partial charge in [0.05, 0.1) is 22.2 Å². The number of hydrogen-bond donors (Lipinski definition) is 1. The van der Waals surface area contributed by atoms with Gasteiger partial charge in [-0.3, -0.25) is 10.1 Å². The normalized spacial score (nSPS) is 23.9.